The van der Waals surface area contributed by atoms with Crippen LogP contribution in [-0.2, 0) is 4.57 Å². The Morgan fingerprint density at radius 2 is 1.33 bits per heavy atom. The second-order valence-corrected chi connectivity index (χ2v) is 0.758. The van der Waals surface area contributed by atoms with Crippen LogP contribution < -0.4 is 0 Å². The van der Waals surface area contributed by atoms with E-state index in [1.807, 2.05) is 0 Å². The second kappa shape index (κ2) is 9.05. The van der Waals surface area contributed by atoms with Gasteiger partial charge >= 0.3 is 8.25 Å². The normalized spacial score (nSPS) is 4.33. The van der Waals surface area contributed by atoms with Crippen molar-refractivity contribution in [2.75, 3.05) is 0 Å². The molecular formula is H7O4P2+. The lowest BCUT2D eigenvalue weighted by Gasteiger charge is -1.34. The minimum atomic E-state index is -2.87. The average molecular weight is 133 g/mol. The van der Waals surface area contributed by atoms with Gasteiger partial charge in [-0.3, -0.25) is 0 Å². The molecule has 0 rings (SSSR count). The van der Waals surface area contributed by atoms with Crippen molar-refractivity contribution < 1.29 is 19.8 Å². The molecule has 0 fully saturated rings. The molecule has 1 atom stereocenters. The molecule has 0 aromatic rings. The van der Waals surface area contributed by atoms with Crippen molar-refractivity contribution in [3.63, 3.8) is 0 Å². The first-order valence-corrected chi connectivity index (χ1v) is 1.75. The predicted molar refractivity (Wildman–Crippen MR) is 26.8 cm³/mol. The third-order valence-electron chi connectivity index (χ3n) is 0. The summed E-state index contributed by atoms with van der Waals surface area (Å²) in [6.07, 6.45) is 0. The third kappa shape index (κ3) is 305. The molecule has 4 nitrogen and oxygen atoms in total. The molecule has 0 aliphatic rings. The van der Waals surface area contributed by atoms with Crippen LogP contribution in [0.5, 0.6) is 0 Å². The highest BCUT2D eigenvalue weighted by Gasteiger charge is 1.93. The van der Waals surface area contributed by atoms with E-state index in [9.17, 15) is 0 Å². The van der Waals surface area contributed by atoms with Crippen molar-refractivity contribution in [2.24, 2.45) is 0 Å². The molecule has 6 heteroatoms. The average Bonchev–Trinajstić information content (AvgIpc) is 0.811. The van der Waals surface area contributed by atoms with Crippen LogP contribution in [0.3, 0.4) is 0 Å². The maximum atomic E-state index is 8.70. The number of hydrogen-bond donors (Lipinski definition) is 2. The van der Waals surface area contributed by atoms with Gasteiger partial charge in [-0.05, 0) is 0 Å². The minimum absolute atomic E-state index is 0. The zero-order valence-electron chi connectivity index (χ0n) is 2.96. The van der Waals surface area contributed by atoms with E-state index < -0.39 is 8.25 Å². The molecule has 1 unspecified atom stereocenters. The highest BCUT2D eigenvalue weighted by Crippen LogP contribution is 1.98. The van der Waals surface area contributed by atoms with Gasteiger partial charge in [0.2, 0.25) is 0 Å². The molecule has 0 saturated carbocycles. The van der Waals surface area contributed by atoms with Crippen LogP contribution in [0.1, 0.15) is 0 Å². The Bertz CT molecular complexity index is 28.5. The summed E-state index contributed by atoms with van der Waals surface area (Å²) in [6, 6.07) is 0. The van der Waals surface area contributed by atoms with Crippen molar-refractivity contribution in [1.82, 2.24) is 0 Å². The van der Waals surface area contributed by atoms with E-state index in [2.05, 4.69) is 0 Å². The lowest BCUT2D eigenvalue weighted by Crippen LogP contribution is -1.38. The number of rotatable bonds is 0. The summed E-state index contributed by atoms with van der Waals surface area (Å²) >= 11 is 0. The Hall–Kier alpha value is 0.410. The zero-order valence-corrected chi connectivity index (χ0v) is 5.27. The molecule has 4 N–H and O–H groups in total. The maximum absolute atomic E-state index is 8.70. The summed E-state index contributed by atoms with van der Waals surface area (Å²) in [7, 11) is -2.87. The minimum Gasteiger partial charge on any atom is -0.412 e. The van der Waals surface area contributed by atoms with Crippen LogP contribution in [0.2, 0.25) is 0 Å². The van der Waals surface area contributed by atoms with Crippen molar-refractivity contribution >= 4 is 18.2 Å². The summed E-state index contributed by atoms with van der Waals surface area (Å²) in [5, 5.41) is 0. The first kappa shape index (κ1) is 16.1. The Morgan fingerprint density at radius 1 is 1.33 bits per heavy atom. The lowest BCUT2D eigenvalue weighted by molar-refractivity contribution is 0.405. The van der Waals surface area contributed by atoms with E-state index in [1.54, 1.807) is 0 Å². The number of hydrogen-bond acceptors (Lipinski definition) is 1. The van der Waals surface area contributed by atoms with Gasteiger partial charge in [0.15, 0.2) is 0 Å². The van der Waals surface area contributed by atoms with E-state index >= 15 is 0 Å². The van der Waals surface area contributed by atoms with Gasteiger partial charge < -0.3 is 5.48 Å². The highest BCUT2D eigenvalue weighted by molar-refractivity contribution is 7.30. The van der Waals surface area contributed by atoms with Crippen molar-refractivity contribution in [1.29, 1.82) is 0 Å². The molecule has 0 saturated heterocycles. The molecule has 0 heterocycles. The molecule has 0 aromatic carbocycles. The first-order chi connectivity index (χ1) is 1.73. The summed E-state index contributed by atoms with van der Waals surface area (Å²) in [6.45, 7) is 0. The van der Waals surface area contributed by atoms with Crippen LogP contribution in [0, 0.1) is 0 Å². The van der Waals surface area contributed by atoms with Gasteiger partial charge in [0.1, 0.15) is 0 Å². The van der Waals surface area contributed by atoms with Gasteiger partial charge in [0.25, 0.3) is 0 Å². The third-order valence-corrected chi connectivity index (χ3v) is 0. The predicted octanol–water partition coefficient (Wildman–Crippen LogP) is -1.14. The molecule has 6 heavy (non-hydrogen) atoms. The molecule has 0 aliphatic heterocycles. The van der Waals surface area contributed by atoms with Crippen molar-refractivity contribution in [3.8, 4) is 0 Å². The topological polar surface area (TPSA) is 89.0 Å². The van der Waals surface area contributed by atoms with Gasteiger partial charge in [0, 0.05) is 4.57 Å². The smallest absolute Gasteiger partial charge is 0.412 e. The highest BCUT2D eigenvalue weighted by atomic mass is 31.1. The molecule has 0 bridgehead atoms. The largest absolute Gasteiger partial charge is 0.692 e. The fraction of sp³-hybridized carbons (Fsp3) is 0. The summed E-state index contributed by atoms with van der Waals surface area (Å²) in [4.78, 5) is 14.2. The molecular weight excluding hydrogens is 126 g/mol. The van der Waals surface area contributed by atoms with Crippen LogP contribution >= 0.6 is 18.2 Å². The van der Waals surface area contributed by atoms with E-state index in [4.69, 9.17) is 14.4 Å². The summed E-state index contributed by atoms with van der Waals surface area (Å²) < 4.78 is 8.70. The SMILES string of the molecule is O.O=[P+](O)O.P. The zero-order chi connectivity index (χ0) is 3.58. The molecule has 0 aliphatic carbocycles. The Balaban J connectivity index is -0.0000000450. The Kier molecular flexibility index (Phi) is 24.3. The van der Waals surface area contributed by atoms with E-state index in [1.165, 1.54) is 0 Å². The van der Waals surface area contributed by atoms with Crippen LogP contribution in [-0.4, -0.2) is 15.3 Å². The van der Waals surface area contributed by atoms with E-state index in [-0.39, 0.29) is 15.4 Å². The Labute approximate surface area is 39.1 Å². The summed E-state index contributed by atoms with van der Waals surface area (Å²) in [5.41, 5.74) is 0. The van der Waals surface area contributed by atoms with E-state index in [0.717, 1.165) is 0 Å². The van der Waals surface area contributed by atoms with Gasteiger partial charge in [-0.15, -0.1) is 9.79 Å². The van der Waals surface area contributed by atoms with Gasteiger partial charge in [-0.2, -0.15) is 9.90 Å². The molecule has 0 aromatic heterocycles. The van der Waals surface area contributed by atoms with Crippen LogP contribution in [0.25, 0.3) is 0 Å². The first-order valence-electron chi connectivity index (χ1n) is 0.583. The van der Waals surface area contributed by atoms with Crippen molar-refractivity contribution in [3.05, 3.63) is 0 Å². The maximum Gasteiger partial charge on any atom is 0.692 e. The van der Waals surface area contributed by atoms with Crippen LogP contribution in [0.4, 0.5) is 0 Å². The molecule has 0 spiro atoms. The standard InChI is InChI=1S/HO3P.H2O.H3P/c1-4(2)3;;/h(H-,1,2,3);1H2;1H3/p+1. The molecule has 40 valence electrons. The quantitative estimate of drug-likeness (QED) is 0.409. The second-order valence-electron chi connectivity index (χ2n) is 0.253. The summed E-state index contributed by atoms with van der Waals surface area (Å²) in [5.74, 6) is 0. The fourth-order valence-electron chi connectivity index (χ4n) is 0. The fourth-order valence-corrected chi connectivity index (χ4v) is 0. The molecule has 0 radical (unpaired) electrons. The van der Waals surface area contributed by atoms with Gasteiger partial charge in [0.05, 0.1) is 0 Å². The van der Waals surface area contributed by atoms with Crippen molar-refractivity contribution in [2.45, 2.75) is 0 Å². The lowest BCUT2D eigenvalue weighted by atomic mass is 15.8. The monoisotopic (exact) mass is 133 g/mol. The Morgan fingerprint density at radius 3 is 1.33 bits per heavy atom. The van der Waals surface area contributed by atoms with Crippen LogP contribution in [0.15, 0.2) is 0 Å². The van der Waals surface area contributed by atoms with E-state index in [0.29, 0.717) is 0 Å². The molecule has 0 amide bonds. The van der Waals surface area contributed by atoms with Gasteiger partial charge in [-0.1, -0.05) is 0 Å². The van der Waals surface area contributed by atoms with Gasteiger partial charge in [-0.25, -0.2) is 0 Å².